The fourth-order valence-corrected chi connectivity index (χ4v) is 12.0. The Morgan fingerprint density at radius 1 is 0.684 bits per heavy atom. The van der Waals surface area contributed by atoms with Crippen molar-refractivity contribution in [1.82, 2.24) is 0 Å². The fourth-order valence-electron chi connectivity index (χ4n) is 12.0. The molecular formula is C34H56O4. The van der Waals surface area contributed by atoms with Crippen LogP contribution >= 0.6 is 0 Å². The smallest absolute Gasteiger partial charge is 0.302 e. The van der Waals surface area contributed by atoms with Crippen LogP contribution < -0.4 is 0 Å². The normalized spacial score (nSPS) is 48.9. The minimum absolute atomic E-state index is 0.0108. The van der Waals surface area contributed by atoms with E-state index in [1.807, 2.05) is 0 Å². The van der Waals surface area contributed by atoms with E-state index in [1.54, 1.807) is 13.8 Å². The van der Waals surface area contributed by atoms with Gasteiger partial charge in [-0.25, -0.2) is 0 Å². The molecule has 0 aromatic heterocycles. The molecule has 4 heteroatoms. The zero-order chi connectivity index (χ0) is 27.9. The molecule has 38 heavy (non-hydrogen) atoms. The highest BCUT2D eigenvalue weighted by Gasteiger charge is 2.70. The second-order valence-electron chi connectivity index (χ2n) is 16.7. The quantitative estimate of drug-likeness (QED) is 0.345. The van der Waals surface area contributed by atoms with Crippen LogP contribution in [0.15, 0.2) is 0 Å². The number of carbonyl (C=O) groups is 2. The first kappa shape index (κ1) is 28.5. The fraction of sp³-hybridized carbons (Fsp3) is 0.941. The number of esters is 2. The van der Waals surface area contributed by atoms with E-state index < -0.39 is 0 Å². The summed E-state index contributed by atoms with van der Waals surface area (Å²) < 4.78 is 11.7. The van der Waals surface area contributed by atoms with Gasteiger partial charge in [-0.1, -0.05) is 48.5 Å². The lowest BCUT2D eigenvalue weighted by atomic mass is 9.31. The number of rotatable bonds is 3. The zero-order valence-electron chi connectivity index (χ0n) is 26.0. The molecule has 216 valence electrons. The molecule has 5 aliphatic carbocycles. The molecule has 0 radical (unpaired) electrons. The van der Waals surface area contributed by atoms with Crippen molar-refractivity contribution >= 4 is 11.9 Å². The van der Waals surface area contributed by atoms with Gasteiger partial charge in [0.1, 0.15) is 6.10 Å². The molecule has 9 unspecified atom stereocenters. The SMILES string of the molecule is CC(=O)OCC12CCC(C)(C)CC1C1CCC3C4(C)CCC(OC(C)=O)C(C)(C)C4CCC3(C)C1(C)CC2. The van der Waals surface area contributed by atoms with Gasteiger partial charge in [0.05, 0.1) is 6.61 Å². The molecule has 9 atom stereocenters. The molecule has 4 nitrogen and oxygen atoms in total. The van der Waals surface area contributed by atoms with Crippen LogP contribution in [0.25, 0.3) is 0 Å². The van der Waals surface area contributed by atoms with Crippen LogP contribution in [0.3, 0.4) is 0 Å². The Balaban J connectivity index is 1.48. The highest BCUT2D eigenvalue weighted by molar-refractivity contribution is 5.66. The Hall–Kier alpha value is -1.06. The van der Waals surface area contributed by atoms with Crippen molar-refractivity contribution in [3.63, 3.8) is 0 Å². The lowest BCUT2D eigenvalue weighted by Gasteiger charge is -2.73. The van der Waals surface area contributed by atoms with E-state index in [-0.39, 0.29) is 28.9 Å². The van der Waals surface area contributed by atoms with Gasteiger partial charge in [-0.2, -0.15) is 0 Å². The van der Waals surface area contributed by atoms with E-state index in [0.29, 0.717) is 51.9 Å². The van der Waals surface area contributed by atoms with Crippen molar-refractivity contribution in [2.24, 2.45) is 56.2 Å². The van der Waals surface area contributed by atoms with Crippen molar-refractivity contribution in [2.45, 2.75) is 139 Å². The Morgan fingerprint density at radius 3 is 2.03 bits per heavy atom. The summed E-state index contributed by atoms with van der Waals surface area (Å²) in [5.74, 6) is 2.40. The topological polar surface area (TPSA) is 52.6 Å². The maximum Gasteiger partial charge on any atom is 0.302 e. The number of hydrogen-bond donors (Lipinski definition) is 0. The third-order valence-electron chi connectivity index (χ3n) is 14.2. The molecule has 0 bridgehead atoms. The molecule has 5 rings (SSSR count). The van der Waals surface area contributed by atoms with Gasteiger partial charge in [0.15, 0.2) is 0 Å². The summed E-state index contributed by atoms with van der Waals surface area (Å²) in [4.78, 5) is 23.9. The lowest BCUT2D eigenvalue weighted by Crippen LogP contribution is -2.67. The zero-order valence-corrected chi connectivity index (χ0v) is 26.0. The molecule has 0 heterocycles. The summed E-state index contributed by atoms with van der Waals surface area (Å²) in [6, 6.07) is 0. The number of ether oxygens (including phenoxy) is 2. The van der Waals surface area contributed by atoms with Gasteiger partial charge in [-0.3, -0.25) is 9.59 Å². The first-order valence-electron chi connectivity index (χ1n) is 15.8. The van der Waals surface area contributed by atoms with Crippen LogP contribution in [0.4, 0.5) is 0 Å². The summed E-state index contributed by atoms with van der Waals surface area (Å²) >= 11 is 0. The third kappa shape index (κ3) is 4.03. The third-order valence-corrected chi connectivity index (χ3v) is 14.2. The van der Waals surface area contributed by atoms with Crippen molar-refractivity contribution in [2.75, 3.05) is 6.61 Å². The Bertz CT molecular complexity index is 968. The molecular weight excluding hydrogens is 472 g/mol. The van der Waals surface area contributed by atoms with Crippen molar-refractivity contribution in [3.05, 3.63) is 0 Å². The summed E-state index contributed by atoms with van der Waals surface area (Å²) in [6.45, 7) is 21.5. The maximum atomic E-state index is 11.9. The molecule has 0 aromatic carbocycles. The van der Waals surface area contributed by atoms with Crippen molar-refractivity contribution in [3.8, 4) is 0 Å². The van der Waals surface area contributed by atoms with E-state index in [0.717, 1.165) is 6.42 Å². The van der Waals surface area contributed by atoms with Gasteiger partial charge < -0.3 is 9.47 Å². The highest BCUT2D eigenvalue weighted by atomic mass is 16.5. The van der Waals surface area contributed by atoms with Crippen LogP contribution in [-0.2, 0) is 19.1 Å². The largest absolute Gasteiger partial charge is 0.465 e. The first-order chi connectivity index (χ1) is 17.5. The summed E-state index contributed by atoms with van der Waals surface area (Å²) in [6.07, 6.45) is 13.6. The Kier molecular flexibility index (Phi) is 6.72. The number of hydrogen-bond acceptors (Lipinski definition) is 4. The molecule has 0 N–H and O–H groups in total. The second-order valence-corrected chi connectivity index (χ2v) is 16.7. The predicted octanol–water partition coefficient (Wildman–Crippen LogP) is 8.36. The average molecular weight is 529 g/mol. The molecule has 0 spiro atoms. The van der Waals surface area contributed by atoms with Gasteiger partial charge >= 0.3 is 11.9 Å². The summed E-state index contributed by atoms with van der Waals surface area (Å²) in [5.41, 5.74) is 1.47. The molecule has 5 saturated carbocycles. The van der Waals surface area contributed by atoms with Gasteiger partial charge in [0.2, 0.25) is 0 Å². The molecule has 0 aromatic rings. The molecule has 0 aliphatic heterocycles. The predicted molar refractivity (Wildman–Crippen MR) is 151 cm³/mol. The molecule has 5 aliphatic rings. The Labute approximate surface area is 232 Å². The van der Waals surface area contributed by atoms with Crippen LogP contribution in [0, 0.1) is 56.2 Å². The Morgan fingerprint density at radius 2 is 1.37 bits per heavy atom. The number of fused-ring (bicyclic) bond motifs is 7. The monoisotopic (exact) mass is 528 g/mol. The molecule has 0 saturated heterocycles. The van der Waals surface area contributed by atoms with Crippen molar-refractivity contribution < 1.29 is 19.1 Å². The number of carbonyl (C=O) groups excluding carboxylic acids is 2. The molecule has 5 fully saturated rings. The van der Waals surface area contributed by atoms with Crippen LogP contribution in [-0.4, -0.2) is 24.6 Å². The summed E-state index contributed by atoms with van der Waals surface area (Å²) in [7, 11) is 0. The average Bonchev–Trinajstić information content (AvgIpc) is 2.80. The highest BCUT2D eigenvalue weighted by Crippen LogP contribution is 2.77. The minimum Gasteiger partial charge on any atom is -0.465 e. The van der Waals surface area contributed by atoms with Gasteiger partial charge in [-0.15, -0.1) is 0 Å². The standard InChI is InChI=1S/C34H56O4/c1-22(35)37-21-34-18-16-29(3,4)20-25(34)24-10-11-27-31(7)14-13-28(38-23(2)36)30(5,6)26(31)12-15-33(27,9)32(24,8)17-19-34/h24-28H,10-21H2,1-9H3. The van der Waals surface area contributed by atoms with E-state index in [1.165, 1.54) is 64.2 Å². The second kappa shape index (κ2) is 8.97. The van der Waals surface area contributed by atoms with Gasteiger partial charge in [-0.05, 0) is 116 Å². The van der Waals surface area contributed by atoms with Crippen LogP contribution in [0.1, 0.15) is 133 Å². The first-order valence-corrected chi connectivity index (χ1v) is 15.8. The van der Waals surface area contributed by atoms with Gasteiger partial charge in [0.25, 0.3) is 0 Å². The van der Waals surface area contributed by atoms with Gasteiger partial charge in [0, 0.05) is 24.7 Å². The van der Waals surface area contributed by atoms with Crippen molar-refractivity contribution in [1.29, 1.82) is 0 Å². The van der Waals surface area contributed by atoms with E-state index in [4.69, 9.17) is 9.47 Å². The maximum absolute atomic E-state index is 11.9. The van der Waals surface area contributed by atoms with Crippen LogP contribution in [0.2, 0.25) is 0 Å². The van der Waals surface area contributed by atoms with E-state index in [2.05, 4.69) is 48.5 Å². The molecule has 0 amide bonds. The summed E-state index contributed by atoms with van der Waals surface area (Å²) in [5, 5.41) is 0. The minimum atomic E-state index is -0.129. The van der Waals surface area contributed by atoms with Crippen LogP contribution in [0.5, 0.6) is 0 Å². The van der Waals surface area contributed by atoms with E-state index >= 15 is 0 Å². The lowest BCUT2D eigenvalue weighted by molar-refractivity contribution is -0.259. The van der Waals surface area contributed by atoms with E-state index in [9.17, 15) is 9.59 Å².